The van der Waals surface area contributed by atoms with Gasteiger partial charge in [-0.2, -0.15) is 0 Å². The van der Waals surface area contributed by atoms with Crippen LogP contribution in [0, 0.1) is 12.8 Å². The van der Waals surface area contributed by atoms with E-state index >= 15 is 0 Å². The van der Waals surface area contributed by atoms with E-state index in [0.29, 0.717) is 24.8 Å². The number of aryl methyl sites for hydroxylation is 2. The Morgan fingerprint density at radius 1 is 0.897 bits per heavy atom. The van der Waals surface area contributed by atoms with E-state index in [4.69, 9.17) is 0 Å². The Morgan fingerprint density at radius 3 is 2.18 bits per heavy atom. The predicted molar refractivity (Wildman–Crippen MR) is 155 cm³/mol. The summed E-state index contributed by atoms with van der Waals surface area (Å²) < 4.78 is 25.4. The summed E-state index contributed by atoms with van der Waals surface area (Å²) in [6.07, 6.45) is 4.03. The highest BCUT2D eigenvalue weighted by atomic mass is 32.2. The third-order valence-electron chi connectivity index (χ3n) is 6.50. The van der Waals surface area contributed by atoms with E-state index in [0.717, 1.165) is 47.0 Å². The Kier molecular flexibility index (Phi) is 10.6. The number of hydrogen-bond acceptors (Lipinski definition) is 5. The van der Waals surface area contributed by atoms with Crippen molar-refractivity contribution in [3.05, 3.63) is 89.5 Å². The molecule has 3 aromatic carbocycles. The van der Waals surface area contributed by atoms with E-state index in [1.54, 1.807) is 6.07 Å². The van der Waals surface area contributed by atoms with E-state index in [9.17, 15) is 22.8 Å². The van der Waals surface area contributed by atoms with Gasteiger partial charge >= 0.3 is 0 Å². The first-order valence-corrected chi connectivity index (χ1v) is 15.0. The number of nitrogens with one attached hydrogen (secondary N) is 2. The van der Waals surface area contributed by atoms with Crippen molar-refractivity contribution in [2.75, 3.05) is 11.6 Å². The van der Waals surface area contributed by atoms with Crippen LogP contribution in [0.2, 0.25) is 0 Å². The van der Waals surface area contributed by atoms with E-state index in [1.165, 1.54) is 0 Å². The lowest BCUT2D eigenvalue weighted by Crippen LogP contribution is -2.36. The molecule has 0 bridgehead atoms. The molecule has 7 nitrogen and oxygen atoms in total. The van der Waals surface area contributed by atoms with Gasteiger partial charge in [0.1, 0.15) is 0 Å². The van der Waals surface area contributed by atoms with Crippen LogP contribution in [-0.4, -0.2) is 32.3 Å². The lowest BCUT2D eigenvalue weighted by Gasteiger charge is -2.17. The number of unbranched alkanes of at least 4 members (excludes halogenated alkanes) is 1. The molecule has 0 aliphatic rings. The first kappa shape index (κ1) is 29.8. The number of benzene rings is 3. The molecule has 1 atom stereocenters. The average molecular weight is 549 g/mol. The molecule has 0 aromatic heterocycles. The molecule has 1 unspecified atom stereocenters. The van der Waals surface area contributed by atoms with Gasteiger partial charge in [-0.05, 0) is 60.6 Å². The minimum atomic E-state index is -3.74. The van der Waals surface area contributed by atoms with Gasteiger partial charge in [0.15, 0.2) is 5.78 Å². The molecule has 0 aliphatic carbocycles. The maximum atomic E-state index is 13.3. The highest BCUT2D eigenvalue weighted by Crippen LogP contribution is 2.26. The predicted octanol–water partition coefficient (Wildman–Crippen LogP) is 5.69. The van der Waals surface area contributed by atoms with Crippen LogP contribution in [0.15, 0.2) is 72.8 Å². The number of amides is 2. The van der Waals surface area contributed by atoms with Crippen LogP contribution in [0.3, 0.4) is 0 Å². The zero-order valence-electron chi connectivity index (χ0n) is 22.7. The fraction of sp³-hybridized carbons (Fsp3) is 0.323. The Balaban J connectivity index is 1.72. The van der Waals surface area contributed by atoms with Gasteiger partial charge in [0.2, 0.25) is 21.8 Å². The third-order valence-corrected chi connectivity index (χ3v) is 7.07. The molecule has 0 saturated carbocycles. The summed E-state index contributed by atoms with van der Waals surface area (Å²) in [6.45, 7) is 3.89. The maximum Gasteiger partial charge on any atom is 0.237 e. The van der Waals surface area contributed by atoms with Gasteiger partial charge < -0.3 is 5.32 Å². The largest absolute Gasteiger partial charge is 0.326 e. The fourth-order valence-electron chi connectivity index (χ4n) is 4.37. The minimum Gasteiger partial charge on any atom is -0.326 e. The molecule has 0 spiro atoms. The van der Waals surface area contributed by atoms with Gasteiger partial charge in [0, 0.05) is 30.0 Å². The summed E-state index contributed by atoms with van der Waals surface area (Å²) in [5.74, 6) is -1.67. The quantitative estimate of drug-likeness (QED) is 0.267. The van der Waals surface area contributed by atoms with Crippen molar-refractivity contribution in [2.24, 2.45) is 5.92 Å². The highest BCUT2D eigenvalue weighted by Gasteiger charge is 2.25. The molecule has 206 valence electrons. The van der Waals surface area contributed by atoms with Crippen molar-refractivity contribution in [2.45, 2.75) is 52.4 Å². The lowest BCUT2D eigenvalue weighted by molar-refractivity contribution is -0.123. The molecule has 3 rings (SSSR count). The zero-order chi connectivity index (χ0) is 28.4. The van der Waals surface area contributed by atoms with Crippen LogP contribution in [0.1, 0.15) is 60.5 Å². The van der Waals surface area contributed by atoms with Gasteiger partial charge in [0.05, 0.1) is 6.26 Å². The Bertz CT molecular complexity index is 1400. The van der Waals surface area contributed by atoms with Crippen LogP contribution in [-0.2, 0) is 26.0 Å². The second-order valence-corrected chi connectivity index (χ2v) is 11.6. The molecule has 0 fully saturated rings. The number of rotatable bonds is 13. The standard InChI is InChI=1S/C31H36N2O5S/c1-4-5-11-30(35)32-27-17-14-24(15-18-27)25-16-19-28(22(2)20-25)29(34)21-26(31(36)33-39(3,37)38)13-12-23-9-7-6-8-10-23/h6-10,14-20,26H,4-5,11-13,21H2,1-3H3,(H,32,35)(H,33,36). The Labute approximate surface area is 231 Å². The number of hydrogen-bond donors (Lipinski definition) is 2. The van der Waals surface area contributed by atoms with Crippen molar-refractivity contribution in [1.29, 1.82) is 0 Å². The molecular formula is C31H36N2O5S. The van der Waals surface area contributed by atoms with E-state index in [-0.39, 0.29) is 18.1 Å². The Hall–Kier alpha value is -3.78. The zero-order valence-corrected chi connectivity index (χ0v) is 23.5. The van der Waals surface area contributed by atoms with Gasteiger partial charge in [-0.3, -0.25) is 19.1 Å². The average Bonchev–Trinajstić information content (AvgIpc) is 2.89. The number of carbonyl (C=O) groups is 3. The van der Waals surface area contributed by atoms with Gasteiger partial charge in [-0.25, -0.2) is 8.42 Å². The van der Waals surface area contributed by atoms with Crippen LogP contribution in [0.5, 0.6) is 0 Å². The summed E-state index contributed by atoms with van der Waals surface area (Å²) >= 11 is 0. The van der Waals surface area contributed by atoms with Crippen molar-refractivity contribution >= 4 is 33.3 Å². The summed E-state index contributed by atoms with van der Waals surface area (Å²) in [5, 5.41) is 2.90. The smallest absolute Gasteiger partial charge is 0.237 e. The van der Waals surface area contributed by atoms with Crippen LogP contribution in [0.4, 0.5) is 5.69 Å². The number of anilines is 1. The van der Waals surface area contributed by atoms with Crippen LogP contribution < -0.4 is 10.0 Å². The molecule has 3 aromatic rings. The highest BCUT2D eigenvalue weighted by molar-refractivity contribution is 7.89. The molecule has 8 heteroatoms. The summed E-state index contributed by atoms with van der Waals surface area (Å²) in [7, 11) is -3.74. The second kappa shape index (κ2) is 13.8. The normalized spacial score (nSPS) is 12.0. The van der Waals surface area contributed by atoms with Crippen molar-refractivity contribution in [3.8, 4) is 11.1 Å². The minimum absolute atomic E-state index is 0.00407. The molecule has 0 aliphatic heterocycles. The van der Waals surface area contributed by atoms with Crippen molar-refractivity contribution in [3.63, 3.8) is 0 Å². The molecule has 39 heavy (non-hydrogen) atoms. The number of carbonyl (C=O) groups excluding carboxylic acids is 3. The third kappa shape index (κ3) is 9.48. The van der Waals surface area contributed by atoms with Crippen molar-refractivity contribution in [1.82, 2.24) is 4.72 Å². The molecular weight excluding hydrogens is 512 g/mol. The number of Topliss-reactive ketones (excluding diaryl/α,β-unsaturated/α-hetero) is 1. The molecule has 2 amide bonds. The number of ketones is 1. The van der Waals surface area contributed by atoms with Gasteiger partial charge in [-0.1, -0.05) is 74.0 Å². The maximum absolute atomic E-state index is 13.3. The summed E-state index contributed by atoms with van der Waals surface area (Å²) in [4.78, 5) is 38.0. The van der Waals surface area contributed by atoms with Crippen LogP contribution in [0.25, 0.3) is 11.1 Å². The summed E-state index contributed by atoms with van der Waals surface area (Å²) in [6, 6.07) is 22.6. The van der Waals surface area contributed by atoms with E-state index < -0.39 is 21.8 Å². The number of sulfonamides is 1. The van der Waals surface area contributed by atoms with Gasteiger partial charge in [0.25, 0.3) is 0 Å². The molecule has 0 radical (unpaired) electrons. The SMILES string of the molecule is CCCCC(=O)Nc1ccc(-c2ccc(C(=O)CC(CCc3ccccc3)C(=O)NS(C)(=O)=O)c(C)c2)cc1. The molecule has 0 saturated heterocycles. The first-order chi connectivity index (χ1) is 18.6. The van der Waals surface area contributed by atoms with E-state index in [1.807, 2.05) is 85.3 Å². The Morgan fingerprint density at radius 2 is 1.56 bits per heavy atom. The van der Waals surface area contributed by atoms with Gasteiger partial charge in [-0.15, -0.1) is 0 Å². The topological polar surface area (TPSA) is 109 Å². The summed E-state index contributed by atoms with van der Waals surface area (Å²) in [5.41, 5.74) is 4.86. The first-order valence-electron chi connectivity index (χ1n) is 13.2. The lowest BCUT2D eigenvalue weighted by atomic mass is 9.89. The molecule has 2 N–H and O–H groups in total. The monoisotopic (exact) mass is 548 g/mol. The van der Waals surface area contributed by atoms with Crippen LogP contribution >= 0.6 is 0 Å². The van der Waals surface area contributed by atoms with Crippen molar-refractivity contribution < 1.29 is 22.8 Å². The van der Waals surface area contributed by atoms with E-state index in [2.05, 4.69) is 5.32 Å². The molecule has 0 heterocycles. The fourth-order valence-corrected chi connectivity index (χ4v) is 4.91. The second-order valence-electron chi connectivity index (χ2n) is 9.85.